The van der Waals surface area contributed by atoms with E-state index >= 15 is 0 Å². The van der Waals surface area contributed by atoms with Gasteiger partial charge in [-0.3, -0.25) is 4.79 Å². The fraction of sp³-hybridized carbons (Fsp3) is 0. The molecular formula is C22H16O6. The number of ether oxygens (including phenoxy) is 1. The van der Waals surface area contributed by atoms with Crippen molar-refractivity contribution in [3.8, 4) is 23.0 Å². The van der Waals surface area contributed by atoms with Crippen LogP contribution in [0.4, 0.5) is 0 Å². The summed E-state index contributed by atoms with van der Waals surface area (Å²) in [6, 6.07) is 16.2. The molecule has 3 aromatic rings. The van der Waals surface area contributed by atoms with E-state index in [9.17, 15) is 24.9 Å². The zero-order valence-corrected chi connectivity index (χ0v) is 14.6. The summed E-state index contributed by atoms with van der Waals surface area (Å²) in [5, 5.41) is 28.5. The maximum Gasteiger partial charge on any atom is 0.343 e. The second kappa shape index (κ2) is 8.09. The molecule has 0 aromatic heterocycles. The van der Waals surface area contributed by atoms with E-state index in [1.54, 1.807) is 30.3 Å². The number of ketones is 1. The molecule has 0 aliphatic heterocycles. The van der Waals surface area contributed by atoms with Crippen LogP contribution in [-0.2, 0) is 0 Å². The Morgan fingerprint density at radius 3 is 2.29 bits per heavy atom. The molecule has 0 atom stereocenters. The zero-order valence-electron chi connectivity index (χ0n) is 14.6. The molecule has 3 rings (SSSR count). The topological polar surface area (TPSA) is 104 Å². The molecule has 6 nitrogen and oxygen atoms in total. The molecule has 6 heteroatoms. The highest BCUT2D eigenvalue weighted by Crippen LogP contribution is 2.27. The van der Waals surface area contributed by atoms with E-state index in [0.29, 0.717) is 11.1 Å². The predicted molar refractivity (Wildman–Crippen MR) is 103 cm³/mol. The largest absolute Gasteiger partial charge is 0.508 e. The smallest absolute Gasteiger partial charge is 0.343 e. The minimum absolute atomic E-state index is 0.0722. The normalized spacial score (nSPS) is 10.7. The van der Waals surface area contributed by atoms with E-state index in [0.717, 1.165) is 0 Å². The highest BCUT2D eigenvalue weighted by Gasteiger charge is 2.16. The molecule has 28 heavy (non-hydrogen) atoms. The number of phenols is 3. The molecule has 0 saturated heterocycles. The van der Waals surface area contributed by atoms with Gasteiger partial charge in [0.15, 0.2) is 17.3 Å². The molecule has 0 fully saturated rings. The summed E-state index contributed by atoms with van der Waals surface area (Å²) >= 11 is 0. The van der Waals surface area contributed by atoms with Crippen LogP contribution in [0.1, 0.15) is 26.3 Å². The number of carbonyl (C=O) groups is 2. The zero-order chi connectivity index (χ0) is 20.1. The van der Waals surface area contributed by atoms with Gasteiger partial charge in [-0.15, -0.1) is 0 Å². The van der Waals surface area contributed by atoms with Gasteiger partial charge in [0.1, 0.15) is 11.5 Å². The van der Waals surface area contributed by atoms with Crippen molar-refractivity contribution < 1.29 is 29.6 Å². The third-order valence-electron chi connectivity index (χ3n) is 3.87. The Labute approximate surface area is 160 Å². The number of hydrogen-bond donors (Lipinski definition) is 3. The Morgan fingerprint density at radius 1 is 0.821 bits per heavy atom. The van der Waals surface area contributed by atoms with Crippen LogP contribution in [0.3, 0.4) is 0 Å². The Balaban J connectivity index is 1.85. The lowest BCUT2D eigenvalue weighted by Gasteiger charge is -2.09. The number of phenolic OH excluding ortho intramolecular Hbond substituents is 3. The van der Waals surface area contributed by atoms with E-state index in [4.69, 9.17) is 4.74 Å². The van der Waals surface area contributed by atoms with E-state index < -0.39 is 11.8 Å². The first-order chi connectivity index (χ1) is 13.4. The Morgan fingerprint density at radius 2 is 1.57 bits per heavy atom. The quantitative estimate of drug-likeness (QED) is 0.205. The maximum absolute atomic E-state index is 12.5. The van der Waals surface area contributed by atoms with Crippen molar-refractivity contribution in [2.75, 3.05) is 0 Å². The lowest BCUT2D eigenvalue weighted by molar-refractivity contribution is 0.0733. The minimum atomic E-state index is -0.660. The first kappa shape index (κ1) is 18.7. The van der Waals surface area contributed by atoms with Gasteiger partial charge in [-0.25, -0.2) is 4.79 Å². The first-order valence-electron chi connectivity index (χ1n) is 8.28. The molecule has 0 radical (unpaired) electrons. The lowest BCUT2D eigenvalue weighted by Crippen LogP contribution is -2.11. The van der Waals surface area contributed by atoms with Gasteiger partial charge in [-0.05, 0) is 48.0 Å². The molecule has 0 aliphatic carbocycles. The van der Waals surface area contributed by atoms with Crippen molar-refractivity contribution in [2.45, 2.75) is 0 Å². The molecular weight excluding hydrogens is 360 g/mol. The molecule has 0 amide bonds. The summed E-state index contributed by atoms with van der Waals surface area (Å²) in [5.41, 5.74) is 0.881. The van der Waals surface area contributed by atoms with Gasteiger partial charge < -0.3 is 20.1 Å². The molecule has 0 spiro atoms. The highest BCUT2D eigenvalue weighted by molar-refractivity contribution is 6.09. The molecule has 0 aliphatic rings. The minimum Gasteiger partial charge on any atom is -0.508 e. The van der Waals surface area contributed by atoms with Crippen molar-refractivity contribution in [2.24, 2.45) is 0 Å². The summed E-state index contributed by atoms with van der Waals surface area (Å²) in [7, 11) is 0. The molecule has 3 aromatic carbocycles. The number of aromatic hydroxyl groups is 3. The van der Waals surface area contributed by atoms with Gasteiger partial charge >= 0.3 is 5.97 Å². The van der Waals surface area contributed by atoms with Crippen molar-refractivity contribution in [1.82, 2.24) is 0 Å². The van der Waals surface area contributed by atoms with Crippen molar-refractivity contribution >= 4 is 17.8 Å². The summed E-state index contributed by atoms with van der Waals surface area (Å²) in [4.78, 5) is 24.8. The summed E-state index contributed by atoms with van der Waals surface area (Å²) < 4.78 is 5.29. The fourth-order valence-electron chi connectivity index (χ4n) is 2.44. The Hall–Kier alpha value is -4.06. The van der Waals surface area contributed by atoms with Crippen molar-refractivity contribution in [1.29, 1.82) is 0 Å². The van der Waals surface area contributed by atoms with Crippen molar-refractivity contribution in [3.63, 3.8) is 0 Å². The fourth-order valence-corrected chi connectivity index (χ4v) is 2.44. The van der Waals surface area contributed by atoms with Gasteiger partial charge in [0, 0.05) is 6.07 Å². The molecule has 140 valence electrons. The first-order valence-corrected chi connectivity index (χ1v) is 8.28. The van der Waals surface area contributed by atoms with Gasteiger partial charge in [-0.1, -0.05) is 30.3 Å². The van der Waals surface area contributed by atoms with E-state index in [2.05, 4.69) is 0 Å². The highest BCUT2D eigenvalue weighted by atomic mass is 16.5. The Bertz CT molecular complexity index is 1050. The predicted octanol–water partition coefficient (Wildman–Crippen LogP) is 3.92. The summed E-state index contributed by atoms with van der Waals surface area (Å²) in [6.45, 7) is 0. The van der Waals surface area contributed by atoms with Crippen LogP contribution in [0, 0.1) is 0 Å². The third kappa shape index (κ3) is 4.37. The average molecular weight is 376 g/mol. The lowest BCUT2D eigenvalue weighted by atomic mass is 10.1. The van der Waals surface area contributed by atoms with E-state index in [1.165, 1.54) is 48.6 Å². The van der Waals surface area contributed by atoms with Crippen LogP contribution in [0.2, 0.25) is 0 Å². The van der Waals surface area contributed by atoms with Gasteiger partial charge in [0.05, 0.1) is 11.1 Å². The number of hydrogen-bond acceptors (Lipinski definition) is 6. The molecule has 0 unspecified atom stereocenters. The monoisotopic (exact) mass is 376 g/mol. The van der Waals surface area contributed by atoms with Gasteiger partial charge in [0.2, 0.25) is 0 Å². The summed E-state index contributed by atoms with van der Waals surface area (Å²) in [5.74, 6) is -1.93. The summed E-state index contributed by atoms with van der Waals surface area (Å²) in [6.07, 6.45) is 2.68. The number of carbonyl (C=O) groups excluding carboxylic acids is 2. The number of allylic oxidation sites excluding steroid dienone is 1. The maximum atomic E-state index is 12.5. The number of benzene rings is 3. The number of esters is 1. The van der Waals surface area contributed by atoms with Crippen LogP contribution in [0.15, 0.2) is 72.8 Å². The van der Waals surface area contributed by atoms with Crippen LogP contribution in [0.5, 0.6) is 23.0 Å². The van der Waals surface area contributed by atoms with E-state index in [-0.39, 0.29) is 28.6 Å². The molecule has 0 bridgehead atoms. The number of rotatable bonds is 5. The van der Waals surface area contributed by atoms with Crippen LogP contribution >= 0.6 is 0 Å². The second-order valence-electron chi connectivity index (χ2n) is 5.88. The van der Waals surface area contributed by atoms with Crippen LogP contribution < -0.4 is 4.74 Å². The molecule has 3 N–H and O–H groups in total. The molecule has 0 saturated carbocycles. The SMILES string of the molecule is O=C(Oc1cc(O)ccc1C(=O)C=Cc1ccc(O)c(O)c1)c1ccccc1. The van der Waals surface area contributed by atoms with Gasteiger partial charge in [0.25, 0.3) is 0 Å². The second-order valence-corrected chi connectivity index (χ2v) is 5.88. The van der Waals surface area contributed by atoms with E-state index in [1.807, 2.05) is 0 Å². The molecule has 0 heterocycles. The average Bonchev–Trinajstić information content (AvgIpc) is 2.69. The Kier molecular flexibility index (Phi) is 5.41. The van der Waals surface area contributed by atoms with Crippen LogP contribution in [0.25, 0.3) is 6.08 Å². The van der Waals surface area contributed by atoms with Crippen LogP contribution in [-0.4, -0.2) is 27.1 Å². The standard InChI is InChI=1S/C22H16O6/c23-16-8-9-17(18(24)10-6-14-7-11-19(25)20(26)12-14)21(13-16)28-22(27)15-4-2-1-3-5-15/h1-13,23,25-26H. The third-order valence-corrected chi connectivity index (χ3v) is 3.87. The van der Waals surface area contributed by atoms with Crippen molar-refractivity contribution in [3.05, 3.63) is 89.5 Å². The van der Waals surface area contributed by atoms with Gasteiger partial charge in [-0.2, -0.15) is 0 Å².